The molecule has 1 unspecified atom stereocenters. The highest BCUT2D eigenvalue weighted by atomic mass is 32.2. The predicted octanol–water partition coefficient (Wildman–Crippen LogP) is 1.33. The highest BCUT2D eigenvalue weighted by Crippen LogP contribution is 2.47. The van der Waals surface area contributed by atoms with E-state index in [1.165, 1.54) is 11.4 Å². The molecule has 2 fully saturated rings. The Bertz CT molecular complexity index is 1150. The Morgan fingerprint density at radius 2 is 1.98 bits per heavy atom. The summed E-state index contributed by atoms with van der Waals surface area (Å²) < 4.78 is 43.0. The maximum atomic E-state index is 13.5. The second kappa shape index (κ2) is 13.4. The molecule has 3 aliphatic rings. The van der Waals surface area contributed by atoms with Gasteiger partial charge in [-0.05, 0) is 43.4 Å². The van der Waals surface area contributed by atoms with Gasteiger partial charge in [0.1, 0.15) is 0 Å². The third-order valence-corrected chi connectivity index (χ3v) is 10.0. The minimum absolute atomic E-state index is 0.00846. The van der Waals surface area contributed by atoms with Crippen LogP contribution in [0.4, 0.5) is 0 Å². The number of nitrogens with zero attached hydrogens (tertiary/aromatic N) is 3. The highest BCUT2D eigenvalue weighted by molar-refractivity contribution is 7.89. The second-order valence-corrected chi connectivity index (χ2v) is 12.7. The van der Waals surface area contributed by atoms with Crippen LogP contribution in [0.5, 0.6) is 17.2 Å². The summed E-state index contributed by atoms with van der Waals surface area (Å²) in [6, 6.07) is 2.97. The van der Waals surface area contributed by atoms with Gasteiger partial charge in [-0.25, -0.2) is 12.7 Å². The van der Waals surface area contributed by atoms with E-state index < -0.39 is 33.9 Å². The van der Waals surface area contributed by atoms with Gasteiger partial charge in [0.15, 0.2) is 11.5 Å². The number of methoxy groups -OCH3 is 1. The fourth-order valence-electron chi connectivity index (χ4n) is 6.02. The molecule has 3 aliphatic heterocycles. The Morgan fingerprint density at radius 1 is 1.20 bits per heavy atom. The van der Waals surface area contributed by atoms with Gasteiger partial charge in [-0.15, -0.1) is 0 Å². The summed E-state index contributed by atoms with van der Waals surface area (Å²) in [5.74, 6) is -1.03. The maximum Gasteiger partial charge on any atom is 0.308 e. The Labute approximate surface area is 235 Å². The molecular formula is C27H41N3O9S. The number of unbranched alkanes of at least 4 members (excludes halogenated alkanes) is 1. The van der Waals surface area contributed by atoms with Crippen LogP contribution in [0, 0.1) is 5.92 Å². The van der Waals surface area contributed by atoms with Crippen molar-refractivity contribution in [3.05, 3.63) is 17.7 Å². The molecule has 1 aromatic rings. The number of aliphatic hydroxyl groups excluding tert-OH is 1. The van der Waals surface area contributed by atoms with Gasteiger partial charge < -0.3 is 29.3 Å². The van der Waals surface area contributed by atoms with E-state index >= 15 is 0 Å². The molecule has 2 N–H and O–H groups in total. The molecule has 40 heavy (non-hydrogen) atoms. The fraction of sp³-hybridized carbons (Fsp3) is 0.704. The summed E-state index contributed by atoms with van der Waals surface area (Å²) in [5.41, 5.74) is 0.699. The lowest BCUT2D eigenvalue weighted by atomic mass is 9.84. The number of carboxylic acids is 1. The Kier molecular flexibility index (Phi) is 10.1. The third kappa shape index (κ3) is 6.64. The number of sulfonamides is 1. The van der Waals surface area contributed by atoms with Crippen LogP contribution in [0.3, 0.4) is 0 Å². The zero-order valence-corrected chi connectivity index (χ0v) is 24.1. The number of aliphatic hydroxyl groups is 1. The molecule has 0 saturated carbocycles. The number of carboxylic acid groups (broad SMARTS) is 1. The molecule has 0 aromatic heterocycles. The Morgan fingerprint density at radius 3 is 2.62 bits per heavy atom. The average Bonchev–Trinajstić information content (AvgIpc) is 3.63. The number of likely N-dealkylation sites (tertiary alicyclic amines) is 1. The zero-order valence-electron chi connectivity index (χ0n) is 23.3. The highest BCUT2D eigenvalue weighted by Gasteiger charge is 2.48. The molecule has 4 rings (SSSR count). The normalized spacial score (nSPS) is 23.9. The summed E-state index contributed by atoms with van der Waals surface area (Å²) in [7, 11) is -1.85. The van der Waals surface area contributed by atoms with Crippen LogP contribution in [-0.4, -0.2) is 116 Å². The molecule has 1 aromatic carbocycles. The van der Waals surface area contributed by atoms with Crippen LogP contribution < -0.4 is 14.2 Å². The maximum absolute atomic E-state index is 13.5. The van der Waals surface area contributed by atoms with E-state index in [1.54, 1.807) is 17.0 Å². The van der Waals surface area contributed by atoms with Crippen molar-refractivity contribution in [2.24, 2.45) is 5.92 Å². The third-order valence-electron chi connectivity index (χ3n) is 8.08. The summed E-state index contributed by atoms with van der Waals surface area (Å²) in [6.07, 6.45) is 3.03. The average molecular weight is 584 g/mol. The van der Waals surface area contributed by atoms with Gasteiger partial charge in [-0.3, -0.25) is 14.5 Å². The van der Waals surface area contributed by atoms with Crippen molar-refractivity contribution >= 4 is 21.9 Å². The molecule has 2 saturated heterocycles. The van der Waals surface area contributed by atoms with Gasteiger partial charge in [0.25, 0.3) is 0 Å². The van der Waals surface area contributed by atoms with Gasteiger partial charge in [0.05, 0.1) is 25.3 Å². The fourth-order valence-corrected chi connectivity index (χ4v) is 7.56. The second-order valence-electron chi connectivity index (χ2n) is 10.6. The lowest BCUT2D eigenvalue weighted by Crippen LogP contribution is -2.46. The van der Waals surface area contributed by atoms with Gasteiger partial charge in [-0.1, -0.05) is 13.3 Å². The van der Waals surface area contributed by atoms with E-state index in [9.17, 15) is 28.2 Å². The molecule has 0 bridgehead atoms. The van der Waals surface area contributed by atoms with E-state index in [0.717, 1.165) is 12.8 Å². The summed E-state index contributed by atoms with van der Waals surface area (Å²) >= 11 is 0. The first-order valence-corrected chi connectivity index (χ1v) is 15.6. The number of hydrogen-bond acceptors (Lipinski definition) is 9. The minimum atomic E-state index is -3.35. The first-order chi connectivity index (χ1) is 19.2. The number of hydrogen-bond donors (Lipinski definition) is 2. The monoisotopic (exact) mass is 583 g/mol. The van der Waals surface area contributed by atoms with Crippen molar-refractivity contribution in [1.29, 1.82) is 0 Å². The van der Waals surface area contributed by atoms with E-state index in [0.29, 0.717) is 61.8 Å². The van der Waals surface area contributed by atoms with Gasteiger partial charge in [-0.2, -0.15) is 0 Å². The van der Waals surface area contributed by atoms with Crippen molar-refractivity contribution in [3.8, 4) is 17.2 Å². The number of fused-ring (bicyclic) bond motifs is 1. The van der Waals surface area contributed by atoms with Gasteiger partial charge in [0.2, 0.25) is 28.5 Å². The molecule has 13 heteroatoms. The molecule has 1 amide bonds. The van der Waals surface area contributed by atoms with Crippen molar-refractivity contribution in [3.63, 3.8) is 0 Å². The van der Waals surface area contributed by atoms with Crippen molar-refractivity contribution in [2.75, 3.05) is 65.5 Å². The van der Waals surface area contributed by atoms with E-state index in [-0.39, 0.29) is 44.6 Å². The van der Waals surface area contributed by atoms with Gasteiger partial charge in [0, 0.05) is 51.3 Å². The number of amides is 1. The molecule has 224 valence electrons. The molecule has 0 radical (unpaired) electrons. The van der Waals surface area contributed by atoms with Crippen LogP contribution >= 0.6 is 0 Å². The largest absolute Gasteiger partial charge is 0.493 e. The lowest BCUT2D eigenvalue weighted by Gasteiger charge is -2.30. The first-order valence-electron chi connectivity index (χ1n) is 14.0. The topological polar surface area (TPSA) is 146 Å². The summed E-state index contributed by atoms with van der Waals surface area (Å²) in [4.78, 5) is 29.9. The summed E-state index contributed by atoms with van der Waals surface area (Å²) in [5, 5.41) is 19.8. The molecular weight excluding hydrogens is 542 g/mol. The smallest absolute Gasteiger partial charge is 0.308 e. The van der Waals surface area contributed by atoms with Crippen LogP contribution in [0.1, 0.15) is 50.5 Å². The quantitative estimate of drug-likeness (QED) is 0.329. The van der Waals surface area contributed by atoms with E-state index in [2.05, 4.69) is 0 Å². The van der Waals surface area contributed by atoms with Gasteiger partial charge >= 0.3 is 5.97 Å². The van der Waals surface area contributed by atoms with Crippen LogP contribution in [-0.2, 0) is 19.6 Å². The Balaban J connectivity index is 1.63. The standard InChI is InChI=1S/C27H41N3O9S/c1-3-4-8-28(9-5-12-31)24(32)17-29-16-20(19-14-22(37-2)26-23(15-19)38-18-39-26)25(27(33)34)21(29)7-11-30-10-6-13-40(30,35)36/h14-15,20-21,25,31H,3-13,16-18H2,1-2H3,(H,33,34)/t20-,21+,25?/m1/s1. The molecule has 0 aliphatic carbocycles. The molecule has 3 atom stereocenters. The van der Waals surface area contributed by atoms with Crippen molar-refractivity contribution < 1.29 is 42.4 Å². The number of benzene rings is 1. The molecule has 12 nitrogen and oxygen atoms in total. The SMILES string of the molecule is CCCCN(CCCO)C(=O)CN1C[C@H](c2cc(OC)c3c(c2)OCO3)C(C(=O)O)[C@@H]1CCN1CCCS1(=O)=O. The predicted molar refractivity (Wildman–Crippen MR) is 146 cm³/mol. The van der Waals surface area contributed by atoms with Crippen molar-refractivity contribution in [1.82, 2.24) is 14.1 Å². The van der Waals surface area contributed by atoms with Crippen molar-refractivity contribution in [2.45, 2.75) is 51.0 Å². The number of carbonyl (C=O) groups excluding carboxylic acids is 1. The van der Waals surface area contributed by atoms with E-state index in [4.69, 9.17) is 14.2 Å². The van der Waals surface area contributed by atoms with Crippen LogP contribution in [0.2, 0.25) is 0 Å². The van der Waals surface area contributed by atoms with Crippen LogP contribution in [0.25, 0.3) is 0 Å². The zero-order chi connectivity index (χ0) is 28.9. The van der Waals surface area contributed by atoms with E-state index in [1.807, 2.05) is 11.8 Å². The number of rotatable bonds is 14. The first kappa shape index (κ1) is 30.4. The summed E-state index contributed by atoms with van der Waals surface area (Å²) in [6.45, 7) is 3.95. The molecule has 0 spiro atoms. The lowest BCUT2D eigenvalue weighted by molar-refractivity contribution is -0.144. The number of aliphatic carboxylic acids is 1. The number of carbonyl (C=O) groups is 2. The Hall–Kier alpha value is -2.61. The number of ether oxygens (including phenoxy) is 3. The molecule has 3 heterocycles. The van der Waals surface area contributed by atoms with Crippen LogP contribution in [0.15, 0.2) is 12.1 Å². The minimum Gasteiger partial charge on any atom is -0.493 e.